The highest BCUT2D eigenvalue weighted by Gasteiger charge is 2.06. The Morgan fingerprint density at radius 2 is 1.80 bits per heavy atom. The molecule has 1 aromatic carbocycles. The molecule has 0 aliphatic rings. The molecule has 0 radical (unpaired) electrons. The molecular weight excluding hydrogens is 184 g/mol. The average Bonchev–Trinajstić information content (AvgIpc) is 2.28. The topological polar surface area (TPSA) is 20.2 Å². The zero-order chi connectivity index (χ0) is 11.3. The zero-order valence-electron chi connectivity index (χ0n) is 10.1. The minimum atomic E-state index is 0.235. The molecule has 15 heavy (non-hydrogen) atoms. The lowest BCUT2D eigenvalue weighted by molar-refractivity contribution is 0.273. The van der Waals surface area contributed by atoms with E-state index in [1.165, 1.54) is 23.1 Å². The van der Waals surface area contributed by atoms with E-state index in [2.05, 4.69) is 39.0 Å². The van der Waals surface area contributed by atoms with Crippen molar-refractivity contribution in [2.75, 3.05) is 6.61 Å². The summed E-state index contributed by atoms with van der Waals surface area (Å²) in [7, 11) is 0. The van der Waals surface area contributed by atoms with Gasteiger partial charge in [0.25, 0.3) is 0 Å². The second kappa shape index (κ2) is 5.92. The van der Waals surface area contributed by atoms with E-state index < -0.39 is 0 Å². The summed E-state index contributed by atoms with van der Waals surface area (Å²) in [6.07, 6.45) is 3.39. The molecule has 1 aromatic rings. The highest BCUT2D eigenvalue weighted by molar-refractivity contribution is 5.32. The van der Waals surface area contributed by atoms with Gasteiger partial charge < -0.3 is 5.11 Å². The van der Waals surface area contributed by atoms with E-state index >= 15 is 0 Å². The van der Waals surface area contributed by atoms with Crippen molar-refractivity contribution in [3.8, 4) is 0 Å². The van der Waals surface area contributed by atoms with Crippen molar-refractivity contribution in [2.24, 2.45) is 0 Å². The van der Waals surface area contributed by atoms with Crippen LogP contribution < -0.4 is 0 Å². The molecule has 1 N–H and O–H groups in total. The van der Waals surface area contributed by atoms with Gasteiger partial charge in [0.05, 0.1) is 0 Å². The first-order valence-electron chi connectivity index (χ1n) is 5.94. The Morgan fingerprint density at radius 1 is 1.13 bits per heavy atom. The van der Waals surface area contributed by atoms with Crippen molar-refractivity contribution in [1.82, 2.24) is 0 Å². The van der Waals surface area contributed by atoms with Crippen LogP contribution in [0.15, 0.2) is 18.2 Å². The van der Waals surface area contributed by atoms with Crippen molar-refractivity contribution in [3.05, 3.63) is 34.9 Å². The maximum atomic E-state index is 9.17. The van der Waals surface area contributed by atoms with Crippen LogP contribution in [0.2, 0.25) is 0 Å². The van der Waals surface area contributed by atoms with E-state index in [1.807, 2.05) is 0 Å². The molecule has 1 nitrogen and oxygen atoms in total. The Morgan fingerprint density at radius 3 is 2.33 bits per heavy atom. The molecule has 1 heteroatoms. The highest BCUT2D eigenvalue weighted by Crippen LogP contribution is 2.20. The minimum absolute atomic E-state index is 0.235. The third kappa shape index (κ3) is 3.35. The van der Waals surface area contributed by atoms with E-state index in [1.54, 1.807) is 0 Å². The van der Waals surface area contributed by atoms with Gasteiger partial charge in [-0.1, -0.05) is 45.4 Å². The zero-order valence-corrected chi connectivity index (χ0v) is 10.1. The van der Waals surface area contributed by atoms with Gasteiger partial charge in [0.1, 0.15) is 0 Å². The summed E-state index contributed by atoms with van der Waals surface area (Å²) in [5, 5.41) is 9.17. The summed E-state index contributed by atoms with van der Waals surface area (Å²) < 4.78 is 0. The van der Waals surface area contributed by atoms with Gasteiger partial charge in [0, 0.05) is 12.5 Å². The number of aryl methyl sites for hydroxylation is 2. The number of aliphatic hydroxyl groups is 1. The Hall–Kier alpha value is -0.820. The fourth-order valence-corrected chi connectivity index (χ4v) is 1.82. The normalized spacial score (nSPS) is 12.8. The van der Waals surface area contributed by atoms with E-state index in [4.69, 9.17) is 0 Å². The molecule has 0 amide bonds. The number of rotatable bonds is 5. The van der Waals surface area contributed by atoms with Crippen LogP contribution in [0.3, 0.4) is 0 Å². The summed E-state index contributed by atoms with van der Waals surface area (Å²) in [5.74, 6) is 0.257. The van der Waals surface area contributed by atoms with Crippen LogP contribution in [0.1, 0.15) is 49.8 Å². The first kappa shape index (κ1) is 12.3. The van der Waals surface area contributed by atoms with Crippen LogP contribution in [0.5, 0.6) is 0 Å². The van der Waals surface area contributed by atoms with Crippen molar-refractivity contribution < 1.29 is 5.11 Å². The number of hydrogen-bond acceptors (Lipinski definition) is 1. The Labute approximate surface area is 93.1 Å². The highest BCUT2D eigenvalue weighted by atomic mass is 16.3. The molecule has 84 valence electrons. The molecule has 0 aliphatic heterocycles. The minimum Gasteiger partial charge on any atom is -0.396 e. The van der Waals surface area contributed by atoms with Gasteiger partial charge in [-0.2, -0.15) is 0 Å². The molecule has 1 unspecified atom stereocenters. The van der Waals surface area contributed by atoms with Gasteiger partial charge >= 0.3 is 0 Å². The summed E-state index contributed by atoms with van der Waals surface area (Å²) in [6.45, 7) is 6.69. The van der Waals surface area contributed by atoms with Crippen LogP contribution in [0.4, 0.5) is 0 Å². The lowest BCUT2D eigenvalue weighted by Crippen LogP contribution is -2.01. The molecule has 0 saturated heterocycles. The smallest absolute Gasteiger partial charge is 0.0497 e. The lowest BCUT2D eigenvalue weighted by Gasteiger charge is -2.12. The summed E-state index contributed by atoms with van der Waals surface area (Å²) in [5.41, 5.74) is 4.07. The molecule has 1 rings (SSSR count). The van der Waals surface area contributed by atoms with Crippen LogP contribution in [-0.4, -0.2) is 11.7 Å². The van der Waals surface area contributed by atoms with E-state index in [0.717, 1.165) is 12.8 Å². The van der Waals surface area contributed by atoms with E-state index in [9.17, 15) is 5.11 Å². The SMILES string of the molecule is CCCc1cc(CC)cc(C(C)CO)c1. The van der Waals surface area contributed by atoms with Gasteiger partial charge in [-0.25, -0.2) is 0 Å². The van der Waals surface area contributed by atoms with Crippen LogP contribution in [-0.2, 0) is 12.8 Å². The number of hydrogen-bond donors (Lipinski definition) is 1. The fourth-order valence-electron chi connectivity index (χ4n) is 1.82. The van der Waals surface area contributed by atoms with Gasteiger partial charge in [-0.05, 0) is 29.5 Å². The van der Waals surface area contributed by atoms with Crippen molar-refractivity contribution in [1.29, 1.82) is 0 Å². The predicted molar refractivity (Wildman–Crippen MR) is 65.3 cm³/mol. The Bertz CT molecular complexity index is 304. The Kier molecular flexibility index (Phi) is 4.83. The standard InChI is InChI=1S/C14H22O/c1-4-6-13-7-12(5-2)8-14(9-13)11(3)10-15/h7-9,11,15H,4-6,10H2,1-3H3. The van der Waals surface area contributed by atoms with Crippen LogP contribution >= 0.6 is 0 Å². The van der Waals surface area contributed by atoms with Gasteiger partial charge in [0.15, 0.2) is 0 Å². The van der Waals surface area contributed by atoms with Gasteiger partial charge in [-0.3, -0.25) is 0 Å². The summed E-state index contributed by atoms with van der Waals surface area (Å²) in [4.78, 5) is 0. The third-order valence-corrected chi connectivity index (χ3v) is 2.86. The van der Waals surface area contributed by atoms with E-state index in [0.29, 0.717) is 0 Å². The molecule has 0 saturated carbocycles. The fraction of sp³-hybridized carbons (Fsp3) is 0.571. The quantitative estimate of drug-likeness (QED) is 0.783. The van der Waals surface area contributed by atoms with Gasteiger partial charge in [-0.15, -0.1) is 0 Å². The molecule has 0 fully saturated rings. The predicted octanol–water partition coefficient (Wildman–Crippen LogP) is 3.30. The lowest BCUT2D eigenvalue weighted by atomic mass is 9.94. The first-order chi connectivity index (χ1) is 7.21. The maximum Gasteiger partial charge on any atom is 0.0497 e. The molecule has 0 spiro atoms. The second-order valence-electron chi connectivity index (χ2n) is 4.27. The second-order valence-corrected chi connectivity index (χ2v) is 4.27. The van der Waals surface area contributed by atoms with Crippen LogP contribution in [0, 0.1) is 0 Å². The molecular formula is C14H22O. The average molecular weight is 206 g/mol. The van der Waals surface area contributed by atoms with Crippen molar-refractivity contribution in [3.63, 3.8) is 0 Å². The van der Waals surface area contributed by atoms with Crippen molar-refractivity contribution >= 4 is 0 Å². The number of aliphatic hydroxyl groups excluding tert-OH is 1. The largest absolute Gasteiger partial charge is 0.396 e. The van der Waals surface area contributed by atoms with Crippen molar-refractivity contribution in [2.45, 2.75) is 46.0 Å². The third-order valence-electron chi connectivity index (χ3n) is 2.86. The molecule has 0 heterocycles. The van der Waals surface area contributed by atoms with E-state index in [-0.39, 0.29) is 12.5 Å². The number of benzene rings is 1. The molecule has 1 atom stereocenters. The summed E-state index contributed by atoms with van der Waals surface area (Å²) in [6, 6.07) is 6.75. The van der Waals surface area contributed by atoms with Crippen LogP contribution in [0.25, 0.3) is 0 Å². The maximum absolute atomic E-state index is 9.17. The monoisotopic (exact) mass is 206 g/mol. The molecule has 0 aromatic heterocycles. The first-order valence-corrected chi connectivity index (χ1v) is 5.94. The van der Waals surface area contributed by atoms with Gasteiger partial charge in [0.2, 0.25) is 0 Å². The Balaban J connectivity index is 2.99. The molecule has 0 bridgehead atoms. The molecule has 0 aliphatic carbocycles. The summed E-state index contributed by atoms with van der Waals surface area (Å²) >= 11 is 0.